The summed E-state index contributed by atoms with van der Waals surface area (Å²) in [6.07, 6.45) is -0.212. The third kappa shape index (κ3) is 3.58. The van der Waals surface area contributed by atoms with Gasteiger partial charge in [-0.15, -0.1) is 11.8 Å². The molecular weight excluding hydrogens is 382 g/mol. The summed E-state index contributed by atoms with van der Waals surface area (Å²) in [4.78, 5) is 49.6. The van der Waals surface area contributed by atoms with Gasteiger partial charge in [0, 0.05) is 12.2 Å². The van der Waals surface area contributed by atoms with Crippen molar-refractivity contribution < 1.29 is 23.9 Å². The minimum atomic E-state index is -1.17. The molecule has 9 heteroatoms. The zero-order valence-electron chi connectivity index (χ0n) is 15.7. The molecule has 3 N–H and O–H groups in total. The number of thioether (sulfide) groups is 1. The lowest BCUT2D eigenvalue weighted by atomic mass is 10.0. The van der Waals surface area contributed by atoms with E-state index in [1.807, 2.05) is 35.6 Å². The number of rotatable bonds is 5. The molecule has 0 saturated carbocycles. The Balaban J connectivity index is 1.82. The number of nitrogens with zero attached hydrogens (tertiary/aromatic N) is 1. The van der Waals surface area contributed by atoms with Crippen LogP contribution in [0, 0.1) is 5.92 Å². The van der Waals surface area contributed by atoms with Crippen LogP contribution >= 0.6 is 11.8 Å². The largest absolute Gasteiger partial charge is 0.450 e. The summed E-state index contributed by atoms with van der Waals surface area (Å²) < 4.78 is 5.43. The third-order valence-corrected chi connectivity index (χ3v) is 6.57. The Labute approximate surface area is 167 Å². The van der Waals surface area contributed by atoms with Gasteiger partial charge >= 0.3 is 12.0 Å². The Hall–Kier alpha value is -2.55. The van der Waals surface area contributed by atoms with E-state index in [-0.39, 0.29) is 11.8 Å². The van der Waals surface area contributed by atoms with Crippen molar-refractivity contribution in [3.8, 4) is 0 Å². The van der Waals surface area contributed by atoms with Crippen molar-refractivity contribution in [3.63, 3.8) is 0 Å². The van der Waals surface area contributed by atoms with Gasteiger partial charge in [-0.1, -0.05) is 44.2 Å². The maximum atomic E-state index is 12.9. The second-order valence-electron chi connectivity index (χ2n) is 7.20. The Kier molecular flexibility index (Phi) is 5.64. The van der Waals surface area contributed by atoms with Crippen molar-refractivity contribution in [3.05, 3.63) is 35.9 Å². The molecule has 2 saturated heterocycles. The predicted octanol–water partition coefficient (Wildman–Crippen LogP) is 1.34. The number of carbonyl (C=O) groups is 4. The minimum absolute atomic E-state index is 0.113. The van der Waals surface area contributed by atoms with Gasteiger partial charge in [-0.3, -0.25) is 14.9 Å². The molecule has 8 nitrogen and oxygen atoms in total. The van der Waals surface area contributed by atoms with Crippen LogP contribution in [-0.4, -0.2) is 46.6 Å². The molecule has 3 rings (SSSR count). The summed E-state index contributed by atoms with van der Waals surface area (Å²) in [5, 5.41) is 1.95. The van der Waals surface area contributed by atoms with Crippen LogP contribution in [0.5, 0.6) is 0 Å². The maximum Gasteiger partial charge on any atom is 0.330 e. The van der Waals surface area contributed by atoms with Crippen molar-refractivity contribution >= 4 is 35.6 Å². The number of nitrogens with two attached hydrogens (primary N) is 1. The van der Waals surface area contributed by atoms with Gasteiger partial charge in [-0.25, -0.2) is 9.59 Å². The molecule has 2 aliphatic heterocycles. The summed E-state index contributed by atoms with van der Waals surface area (Å²) in [5.74, 6) is -1.53. The number of amides is 4. The highest BCUT2D eigenvalue weighted by Gasteiger charge is 2.57. The maximum absolute atomic E-state index is 12.9. The number of primary amides is 1. The summed E-state index contributed by atoms with van der Waals surface area (Å²) in [7, 11) is 0. The van der Waals surface area contributed by atoms with E-state index in [0.717, 1.165) is 5.56 Å². The normalized spacial score (nSPS) is 24.8. The van der Waals surface area contributed by atoms with Crippen LogP contribution in [0.1, 0.15) is 32.3 Å². The highest BCUT2D eigenvalue weighted by Crippen LogP contribution is 2.54. The Morgan fingerprint density at radius 3 is 2.57 bits per heavy atom. The molecule has 1 aromatic carbocycles. The molecular formula is C19H23N3O5S. The summed E-state index contributed by atoms with van der Waals surface area (Å²) in [6, 6.07) is 7.80. The molecule has 3 atom stereocenters. The molecule has 0 radical (unpaired) electrons. The standard InChI is InChI=1S/C19H23N3O5S/c1-11(2)15(16(24)21-18(20)26)27-17(25)13-10-28-19(9-8-14(23)22(13)19)12-6-4-3-5-7-12/h3-7,11,13,15H,8-10H2,1-2H3,(H3,20,21,24,26)/t13-,15+,19+/m0/s1. The predicted molar refractivity (Wildman–Crippen MR) is 103 cm³/mol. The minimum Gasteiger partial charge on any atom is -0.450 e. The number of ether oxygens (including phenoxy) is 1. The van der Waals surface area contributed by atoms with Crippen LogP contribution < -0.4 is 11.1 Å². The van der Waals surface area contributed by atoms with E-state index in [0.29, 0.717) is 18.6 Å². The van der Waals surface area contributed by atoms with Crippen LogP contribution in [0.15, 0.2) is 30.3 Å². The average Bonchev–Trinajstić information content (AvgIpc) is 3.19. The van der Waals surface area contributed by atoms with Gasteiger partial charge in [0.25, 0.3) is 5.91 Å². The van der Waals surface area contributed by atoms with Gasteiger partial charge in [0.1, 0.15) is 10.9 Å². The zero-order chi connectivity index (χ0) is 20.5. The Morgan fingerprint density at radius 2 is 1.96 bits per heavy atom. The molecule has 0 unspecified atom stereocenters. The van der Waals surface area contributed by atoms with Crippen LogP contribution in [0.4, 0.5) is 4.79 Å². The van der Waals surface area contributed by atoms with E-state index in [2.05, 4.69) is 0 Å². The molecule has 0 aromatic heterocycles. The van der Waals surface area contributed by atoms with Gasteiger partial charge < -0.3 is 15.4 Å². The molecule has 1 aromatic rings. The highest BCUT2D eigenvalue weighted by molar-refractivity contribution is 8.00. The molecule has 4 amide bonds. The van der Waals surface area contributed by atoms with Gasteiger partial charge in [0.05, 0.1) is 0 Å². The van der Waals surface area contributed by atoms with Crippen LogP contribution in [0.2, 0.25) is 0 Å². The van der Waals surface area contributed by atoms with E-state index >= 15 is 0 Å². The number of nitrogens with one attached hydrogen (secondary N) is 1. The van der Waals surface area contributed by atoms with Gasteiger partial charge in [-0.2, -0.15) is 0 Å². The summed E-state index contributed by atoms with van der Waals surface area (Å²) in [6.45, 7) is 3.38. The Bertz CT molecular complexity index is 800. The number of esters is 1. The lowest BCUT2D eigenvalue weighted by Crippen LogP contribution is -2.50. The third-order valence-electron chi connectivity index (χ3n) is 4.98. The fraction of sp³-hybridized carbons (Fsp3) is 0.474. The molecule has 0 aliphatic carbocycles. The second kappa shape index (κ2) is 7.83. The second-order valence-corrected chi connectivity index (χ2v) is 8.49. The van der Waals surface area contributed by atoms with E-state index < -0.39 is 34.9 Å². The van der Waals surface area contributed by atoms with E-state index in [4.69, 9.17) is 10.5 Å². The first kappa shape index (κ1) is 20.2. The van der Waals surface area contributed by atoms with E-state index in [9.17, 15) is 19.2 Å². The van der Waals surface area contributed by atoms with Crippen molar-refractivity contribution in [2.45, 2.75) is 43.7 Å². The monoisotopic (exact) mass is 405 g/mol. The van der Waals surface area contributed by atoms with Crippen LogP contribution in [-0.2, 0) is 24.0 Å². The van der Waals surface area contributed by atoms with Gasteiger partial charge in [0.15, 0.2) is 6.10 Å². The van der Waals surface area contributed by atoms with E-state index in [1.165, 1.54) is 11.8 Å². The zero-order valence-corrected chi connectivity index (χ0v) is 16.5. The smallest absolute Gasteiger partial charge is 0.330 e. The van der Waals surface area contributed by atoms with Crippen molar-refractivity contribution in [1.29, 1.82) is 0 Å². The quantitative estimate of drug-likeness (QED) is 0.714. The summed E-state index contributed by atoms with van der Waals surface area (Å²) in [5.41, 5.74) is 5.95. The lowest BCUT2D eigenvalue weighted by Gasteiger charge is -2.34. The first-order chi connectivity index (χ1) is 13.3. The molecule has 2 aliphatic rings. The fourth-order valence-electron chi connectivity index (χ4n) is 3.70. The number of urea groups is 1. The van der Waals surface area contributed by atoms with Crippen molar-refractivity contribution in [2.75, 3.05) is 5.75 Å². The number of imide groups is 1. The summed E-state index contributed by atoms with van der Waals surface area (Å²) >= 11 is 1.54. The molecule has 2 fully saturated rings. The number of benzene rings is 1. The molecule has 0 bridgehead atoms. The molecule has 150 valence electrons. The first-order valence-corrected chi connectivity index (χ1v) is 10.1. The molecule has 28 heavy (non-hydrogen) atoms. The average molecular weight is 405 g/mol. The van der Waals surface area contributed by atoms with Crippen LogP contribution in [0.25, 0.3) is 0 Å². The number of hydrogen-bond acceptors (Lipinski definition) is 6. The van der Waals surface area contributed by atoms with Crippen molar-refractivity contribution in [2.24, 2.45) is 11.7 Å². The van der Waals surface area contributed by atoms with Crippen molar-refractivity contribution in [1.82, 2.24) is 10.2 Å². The fourth-order valence-corrected chi connectivity index (χ4v) is 5.34. The van der Waals surface area contributed by atoms with E-state index in [1.54, 1.807) is 18.7 Å². The Morgan fingerprint density at radius 1 is 1.29 bits per heavy atom. The lowest BCUT2D eigenvalue weighted by molar-refractivity contribution is -0.164. The number of fused-ring (bicyclic) bond motifs is 1. The van der Waals surface area contributed by atoms with Gasteiger partial charge in [-0.05, 0) is 17.9 Å². The van der Waals surface area contributed by atoms with Gasteiger partial charge in [0.2, 0.25) is 5.91 Å². The molecule has 0 spiro atoms. The topological polar surface area (TPSA) is 119 Å². The number of hydrogen-bond donors (Lipinski definition) is 2. The number of carbonyl (C=O) groups excluding carboxylic acids is 4. The highest BCUT2D eigenvalue weighted by atomic mass is 32.2. The van der Waals surface area contributed by atoms with Crippen LogP contribution in [0.3, 0.4) is 0 Å². The SMILES string of the molecule is CC(C)[C@@H](OC(=O)[C@@H]1CS[C@@]2(c3ccccc3)CCC(=O)N12)C(=O)NC(N)=O. The first-order valence-electron chi connectivity index (χ1n) is 9.08. The molecule has 2 heterocycles.